The number of nitrogens with zero attached hydrogens (tertiary/aromatic N) is 1. The zero-order valence-corrected chi connectivity index (χ0v) is 19.6. The Kier molecular flexibility index (Phi) is 7.01. The second-order valence-electron chi connectivity index (χ2n) is 10.9. The lowest BCUT2D eigenvalue weighted by atomic mass is 9.72. The lowest BCUT2D eigenvalue weighted by molar-refractivity contribution is -0.108. The first-order valence-corrected chi connectivity index (χ1v) is 12.3. The second kappa shape index (κ2) is 9.73. The van der Waals surface area contributed by atoms with Crippen LogP contribution in [0, 0.1) is 17.3 Å². The summed E-state index contributed by atoms with van der Waals surface area (Å²) in [4.78, 5) is 13.3. The molecule has 2 aromatic rings. The zero-order valence-electron chi connectivity index (χ0n) is 19.6. The Morgan fingerprint density at radius 2 is 1.61 bits per heavy atom. The summed E-state index contributed by atoms with van der Waals surface area (Å²) in [5.74, 6) is 2.42. The molecule has 1 aliphatic carbocycles. The molecule has 0 spiro atoms. The molecular weight excluding hydrogens is 382 g/mol. The molecule has 1 heterocycles. The molecule has 0 radical (unpaired) electrons. The van der Waals surface area contributed by atoms with E-state index in [1.807, 2.05) is 0 Å². The summed E-state index contributed by atoms with van der Waals surface area (Å²) in [5, 5.41) is 2.55. The number of likely N-dealkylation sites (tertiary alicyclic amines) is 1. The first-order valence-electron chi connectivity index (χ1n) is 12.3. The minimum Gasteiger partial charge on any atom is -0.490 e. The van der Waals surface area contributed by atoms with Crippen LogP contribution in [0.25, 0.3) is 10.8 Å². The van der Waals surface area contributed by atoms with Gasteiger partial charge in [-0.3, -0.25) is 4.90 Å². The second-order valence-corrected chi connectivity index (χ2v) is 10.9. The summed E-state index contributed by atoms with van der Waals surface area (Å²) in [5.41, 5.74) is 1.78. The van der Waals surface area contributed by atoms with E-state index in [1.54, 1.807) is 0 Å². The Morgan fingerprint density at radius 1 is 0.935 bits per heavy atom. The van der Waals surface area contributed by atoms with Gasteiger partial charge in [-0.1, -0.05) is 39.0 Å². The summed E-state index contributed by atoms with van der Waals surface area (Å²) in [6.07, 6.45) is 9.34. The molecule has 2 aromatic carbocycles. The van der Waals surface area contributed by atoms with Crippen molar-refractivity contribution in [2.75, 3.05) is 13.1 Å². The summed E-state index contributed by atoms with van der Waals surface area (Å²) in [6, 6.07) is 13.4. The fourth-order valence-corrected chi connectivity index (χ4v) is 5.46. The van der Waals surface area contributed by atoms with Gasteiger partial charge in [0.1, 0.15) is 12.0 Å². The molecule has 168 valence electrons. The fourth-order valence-electron chi connectivity index (χ4n) is 5.46. The number of carbonyl (C=O) groups is 1. The Morgan fingerprint density at radius 3 is 2.29 bits per heavy atom. The van der Waals surface area contributed by atoms with Gasteiger partial charge in [-0.15, -0.1) is 0 Å². The van der Waals surface area contributed by atoms with Crippen molar-refractivity contribution in [1.29, 1.82) is 0 Å². The van der Waals surface area contributed by atoms with Crippen molar-refractivity contribution in [1.82, 2.24) is 4.90 Å². The van der Waals surface area contributed by atoms with Crippen molar-refractivity contribution >= 4 is 17.1 Å². The SMILES string of the molecule is CC(C)(C)[C@H]1CC[C@H](Oc2ccc3cc(CN4CCC(CC=O)CC4)ccc3c2)CC1. The van der Waals surface area contributed by atoms with Gasteiger partial charge in [-0.2, -0.15) is 0 Å². The molecule has 2 aliphatic rings. The van der Waals surface area contributed by atoms with Gasteiger partial charge in [0, 0.05) is 13.0 Å². The maximum Gasteiger partial charge on any atom is 0.120 e. The van der Waals surface area contributed by atoms with E-state index >= 15 is 0 Å². The summed E-state index contributed by atoms with van der Waals surface area (Å²) in [7, 11) is 0. The normalized spacial score (nSPS) is 23.7. The zero-order chi connectivity index (χ0) is 21.8. The third-order valence-corrected chi connectivity index (χ3v) is 7.62. The van der Waals surface area contributed by atoms with E-state index in [1.165, 1.54) is 42.0 Å². The van der Waals surface area contributed by atoms with Crippen LogP contribution in [0.3, 0.4) is 0 Å². The Hall–Kier alpha value is -1.87. The van der Waals surface area contributed by atoms with Gasteiger partial charge in [-0.05, 0) is 103 Å². The predicted molar refractivity (Wildman–Crippen MR) is 128 cm³/mol. The lowest BCUT2D eigenvalue weighted by Gasteiger charge is -2.37. The summed E-state index contributed by atoms with van der Waals surface area (Å²) < 4.78 is 6.37. The van der Waals surface area contributed by atoms with Crippen molar-refractivity contribution in [2.45, 2.75) is 78.4 Å². The number of ether oxygens (including phenoxy) is 1. The molecule has 0 atom stereocenters. The number of fused-ring (bicyclic) bond motifs is 1. The van der Waals surface area contributed by atoms with Gasteiger partial charge >= 0.3 is 0 Å². The molecule has 2 fully saturated rings. The van der Waals surface area contributed by atoms with Gasteiger partial charge in [-0.25, -0.2) is 0 Å². The number of hydrogen-bond donors (Lipinski definition) is 0. The largest absolute Gasteiger partial charge is 0.490 e. The van der Waals surface area contributed by atoms with Gasteiger partial charge in [0.2, 0.25) is 0 Å². The molecule has 0 N–H and O–H groups in total. The van der Waals surface area contributed by atoms with Crippen LogP contribution in [0.4, 0.5) is 0 Å². The van der Waals surface area contributed by atoms with Crippen molar-refractivity contribution in [2.24, 2.45) is 17.3 Å². The molecule has 0 bridgehead atoms. The van der Waals surface area contributed by atoms with E-state index in [2.05, 4.69) is 62.1 Å². The molecule has 0 amide bonds. The minimum atomic E-state index is 0.359. The first-order chi connectivity index (χ1) is 14.9. The maximum atomic E-state index is 10.7. The summed E-state index contributed by atoms with van der Waals surface area (Å²) in [6.45, 7) is 10.3. The predicted octanol–water partition coefficient (Wildman–Crippen LogP) is 6.62. The van der Waals surface area contributed by atoms with E-state index < -0.39 is 0 Å². The molecule has 31 heavy (non-hydrogen) atoms. The standard InChI is InChI=1S/C28H39NO2/c1-28(2,3)25-7-10-26(11-8-25)31-27-9-6-23-18-22(4-5-24(23)19-27)20-29-15-12-21(13-16-29)14-17-30/h4-6,9,17-19,21,25-26H,7-8,10-16,20H2,1-3H3/t25-,26-. The topological polar surface area (TPSA) is 29.5 Å². The highest BCUT2D eigenvalue weighted by molar-refractivity contribution is 5.84. The average molecular weight is 422 g/mol. The molecule has 0 aromatic heterocycles. The molecule has 1 saturated heterocycles. The smallest absolute Gasteiger partial charge is 0.120 e. The Balaban J connectivity index is 1.33. The highest BCUT2D eigenvalue weighted by Gasteiger charge is 2.30. The highest BCUT2D eigenvalue weighted by Crippen LogP contribution is 2.39. The number of rotatable bonds is 6. The van der Waals surface area contributed by atoms with Crippen LogP contribution in [0.1, 0.15) is 71.3 Å². The molecule has 1 aliphatic heterocycles. The van der Waals surface area contributed by atoms with Gasteiger partial charge in [0.15, 0.2) is 0 Å². The third kappa shape index (κ3) is 5.88. The van der Waals surface area contributed by atoms with E-state index in [4.69, 9.17) is 4.74 Å². The quantitative estimate of drug-likeness (QED) is 0.491. The lowest BCUT2D eigenvalue weighted by Crippen LogP contribution is -2.33. The number of benzene rings is 2. The first kappa shape index (κ1) is 22.3. The van der Waals surface area contributed by atoms with Gasteiger partial charge < -0.3 is 9.53 Å². The van der Waals surface area contributed by atoms with Crippen LogP contribution in [-0.4, -0.2) is 30.4 Å². The Bertz CT molecular complexity index is 868. The number of carbonyl (C=O) groups excluding carboxylic acids is 1. The number of piperidine rings is 1. The van der Waals surface area contributed by atoms with Crippen LogP contribution in [0.5, 0.6) is 5.75 Å². The van der Waals surface area contributed by atoms with E-state index in [9.17, 15) is 4.79 Å². The molecule has 0 unspecified atom stereocenters. The van der Waals surface area contributed by atoms with Crippen LogP contribution in [0.15, 0.2) is 36.4 Å². The van der Waals surface area contributed by atoms with Crippen molar-refractivity contribution < 1.29 is 9.53 Å². The highest BCUT2D eigenvalue weighted by atomic mass is 16.5. The fraction of sp³-hybridized carbons (Fsp3) is 0.607. The van der Waals surface area contributed by atoms with Crippen molar-refractivity contribution in [3.8, 4) is 5.75 Å². The number of aldehydes is 1. The molecule has 3 nitrogen and oxygen atoms in total. The van der Waals surface area contributed by atoms with Crippen LogP contribution in [0.2, 0.25) is 0 Å². The average Bonchev–Trinajstić information content (AvgIpc) is 2.75. The minimum absolute atomic E-state index is 0.359. The Labute approximate surface area is 188 Å². The molecular formula is C28H39NO2. The van der Waals surface area contributed by atoms with Crippen LogP contribution < -0.4 is 4.74 Å². The van der Waals surface area contributed by atoms with Crippen LogP contribution in [-0.2, 0) is 11.3 Å². The third-order valence-electron chi connectivity index (χ3n) is 7.62. The van der Waals surface area contributed by atoms with E-state index in [-0.39, 0.29) is 0 Å². The monoisotopic (exact) mass is 421 g/mol. The maximum absolute atomic E-state index is 10.7. The number of hydrogen-bond acceptors (Lipinski definition) is 3. The van der Waals surface area contributed by atoms with Crippen molar-refractivity contribution in [3.63, 3.8) is 0 Å². The van der Waals surface area contributed by atoms with Gasteiger partial charge in [0.05, 0.1) is 6.10 Å². The van der Waals surface area contributed by atoms with E-state index in [0.29, 0.717) is 17.4 Å². The van der Waals surface area contributed by atoms with Crippen molar-refractivity contribution in [3.05, 3.63) is 42.0 Å². The van der Waals surface area contributed by atoms with Gasteiger partial charge in [0.25, 0.3) is 0 Å². The summed E-state index contributed by atoms with van der Waals surface area (Å²) >= 11 is 0. The molecule has 4 rings (SSSR count). The van der Waals surface area contributed by atoms with Crippen LogP contribution >= 0.6 is 0 Å². The molecule has 1 saturated carbocycles. The molecule has 3 heteroatoms. The van der Waals surface area contributed by atoms with E-state index in [0.717, 1.165) is 56.9 Å².